The van der Waals surface area contributed by atoms with E-state index >= 15 is 0 Å². The molecule has 2 N–H and O–H groups in total. The van der Waals surface area contributed by atoms with E-state index in [1.165, 1.54) is 18.5 Å². The summed E-state index contributed by atoms with van der Waals surface area (Å²) in [7, 11) is 0. The van der Waals surface area contributed by atoms with E-state index in [1.54, 1.807) is 0 Å². The smallest absolute Gasteiger partial charge is 0.223 e. The molecule has 2 saturated carbocycles. The second-order valence-electron chi connectivity index (χ2n) is 10.5. The number of piperidine rings is 1. The Kier molecular flexibility index (Phi) is 4.67. The predicted molar refractivity (Wildman–Crippen MR) is 107 cm³/mol. The summed E-state index contributed by atoms with van der Waals surface area (Å²) in [5.74, 6) is 3.12. The summed E-state index contributed by atoms with van der Waals surface area (Å²) in [5, 5.41) is 6.86. The third kappa shape index (κ3) is 2.94. The largest absolute Gasteiger partial charge is 0.387 e. The quantitative estimate of drug-likeness (QED) is 0.795. The van der Waals surface area contributed by atoms with Gasteiger partial charge in [0.25, 0.3) is 0 Å². The van der Waals surface area contributed by atoms with Crippen LogP contribution in [-0.2, 0) is 9.59 Å². The molecule has 6 atom stereocenters. The molecule has 1 amide bonds. The molecule has 1 heterocycles. The average Bonchev–Trinajstić information content (AvgIpc) is 2.97. The van der Waals surface area contributed by atoms with E-state index in [9.17, 15) is 9.59 Å². The normalized spacial score (nSPS) is 43.3. The molecule has 1 aliphatic heterocycles. The molecule has 4 aliphatic rings. The first-order chi connectivity index (χ1) is 12.8. The zero-order valence-electron chi connectivity index (χ0n) is 17.4. The first-order valence-electron chi connectivity index (χ1n) is 11.0. The summed E-state index contributed by atoms with van der Waals surface area (Å²) in [4.78, 5) is 24.8. The maximum absolute atomic E-state index is 12.9. The van der Waals surface area contributed by atoms with Gasteiger partial charge < -0.3 is 10.6 Å². The summed E-state index contributed by atoms with van der Waals surface area (Å²) in [6.45, 7) is 10.8. The van der Waals surface area contributed by atoms with E-state index in [-0.39, 0.29) is 28.4 Å². The topological polar surface area (TPSA) is 58.2 Å². The van der Waals surface area contributed by atoms with Crippen LogP contribution in [0.1, 0.15) is 66.2 Å². The van der Waals surface area contributed by atoms with Gasteiger partial charge in [-0.2, -0.15) is 0 Å². The number of hydrogen-bond acceptors (Lipinski definition) is 3. The molecule has 0 bridgehead atoms. The summed E-state index contributed by atoms with van der Waals surface area (Å²) in [5.41, 5.74) is 1.44. The van der Waals surface area contributed by atoms with E-state index in [0.29, 0.717) is 30.1 Å². The summed E-state index contributed by atoms with van der Waals surface area (Å²) >= 11 is 0. The van der Waals surface area contributed by atoms with Gasteiger partial charge in [0.1, 0.15) is 0 Å². The third-order valence-corrected chi connectivity index (χ3v) is 8.60. The van der Waals surface area contributed by atoms with Crippen LogP contribution >= 0.6 is 0 Å². The zero-order chi connectivity index (χ0) is 19.4. The van der Waals surface area contributed by atoms with Crippen LogP contribution in [0.15, 0.2) is 11.8 Å². The monoisotopic (exact) mass is 372 g/mol. The van der Waals surface area contributed by atoms with Gasteiger partial charge in [-0.25, -0.2) is 0 Å². The van der Waals surface area contributed by atoms with Crippen LogP contribution in [-0.4, -0.2) is 24.8 Å². The first-order valence-corrected chi connectivity index (χ1v) is 11.0. The fourth-order valence-corrected chi connectivity index (χ4v) is 7.00. The minimum atomic E-state index is 0.121. The lowest BCUT2D eigenvalue weighted by Crippen LogP contribution is -2.57. The summed E-state index contributed by atoms with van der Waals surface area (Å²) < 4.78 is 0. The molecule has 27 heavy (non-hydrogen) atoms. The van der Waals surface area contributed by atoms with Crippen molar-refractivity contribution < 1.29 is 9.59 Å². The van der Waals surface area contributed by atoms with Crippen LogP contribution < -0.4 is 10.6 Å². The van der Waals surface area contributed by atoms with Gasteiger partial charge in [0.2, 0.25) is 5.91 Å². The van der Waals surface area contributed by atoms with Crippen molar-refractivity contribution in [1.29, 1.82) is 0 Å². The fraction of sp³-hybridized carbons (Fsp3) is 0.826. The molecule has 150 valence electrons. The standard InChI is InChI=1S/C23H36N2O2/c1-14(2)12-25-21(27)19-6-5-17-16-13-24-20-11-15(26)7-9-23(20,4)18(16)8-10-22(17,19)3/h11,14,16-19,24H,5-10,12-13H2,1-4H3,(H,25,27)/t16-,17-,18+,19?,22-,23+/m0/s1. The lowest BCUT2D eigenvalue weighted by Gasteiger charge is -2.58. The molecule has 4 rings (SSSR count). The lowest BCUT2D eigenvalue weighted by atomic mass is 9.50. The molecule has 0 spiro atoms. The second-order valence-corrected chi connectivity index (χ2v) is 10.5. The Morgan fingerprint density at radius 1 is 1.22 bits per heavy atom. The SMILES string of the molecule is CC(C)CNC(=O)C1CC[C@H]2[C@@H]3CNC4=CC(=O)CC[C@]4(C)[C@@H]3CC[C@]12C. The number of amides is 1. The van der Waals surface area contributed by atoms with Crippen LogP contribution in [0.4, 0.5) is 0 Å². The summed E-state index contributed by atoms with van der Waals surface area (Å²) in [6.07, 6.45) is 8.09. The van der Waals surface area contributed by atoms with Crippen LogP contribution in [0, 0.1) is 40.4 Å². The van der Waals surface area contributed by atoms with Crippen molar-refractivity contribution in [2.24, 2.45) is 40.4 Å². The number of rotatable bonds is 3. The Bertz CT molecular complexity index is 669. The van der Waals surface area contributed by atoms with Crippen molar-refractivity contribution in [3.63, 3.8) is 0 Å². The molecular weight excluding hydrogens is 336 g/mol. The van der Waals surface area contributed by atoms with Crippen LogP contribution in [0.25, 0.3) is 0 Å². The van der Waals surface area contributed by atoms with E-state index in [4.69, 9.17) is 0 Å². The highest BCUT2D eigenvalue weighted by Crippen LogP contribution is 2.64. The lowest BCUT2D eigenvalue weighted by molar-refractivity contribution is -0.132. The first kappa shape index (κ1) is 19.0. The van der Waals surface area contributed by atoms with Crippen LogP contribution in [0.2, 0.25) is 0 Å². The molecule has 3 fully saturated rings. The van der Waals surface area contributed by atoms with Crippen molar-refractivity contribution in [3.05, 3.63) is 11.8 Å². The van der Waals surface area contributed by atoms with Crippen molar-refractivity contribution in [2.45, 2.75) is 66.2 Å². The van der Waals surface area contributed by atoms with Gasteiger partial charge in [-0.15, -0.1) is 0 Å². The Hall–Kier alpha value is -1.32. The Morgan fingerprint density at radius 3 is 2.74 bits per heavy atom. The highest BCUT2D eigenvalue weighted by atomic mass is 16.2. The van der Waals surface area contributed by atoms with Gasteiger partial charge in [-0.3, -0.25) is 9.59 Å². The fourth-order valence-electron chi connectivity index (χ4n) is 7.00. The number of hydrogen-bond donors (Lipinski definition) is 2. The molecule has 4 nitrogen and oxygen atoms in total. The Balaban J connectivity index is 1.55. The number of carbonyl (C=O) groups is 2. The maximum Gasteiger partial charge on any atom is 0.223 e. The maximum atomic E-state index is 12.9. The average molecular weight is 373 g/mol. The molecule has 0 aromatic rings. The van der Waals surface area contributed by atoms with Crippen molar-refractivity contribution >= 4 is 11.7 Å². The van der Waals surface area contributed by atoms with Gasteiger partial charge >= 0.3 is 0 Å². The number of allylic oxidation sites excluding steroid dienone is 2. The zero-order valence-corrected chi connectivity index (χ0v) is 17.4. The van der Waals surface area contributed by atoms with Crippen molar-refractivity contribution in [3.8, 4) is 0 Å². The third-order valence-electron chi connectivity index (χ3n) is 8.60. The Morgan fingerprint density at radius 2 is 2.00 bits per heavy atom. The van der Waals surface area contributed by atoms with Crippen molar-refractivity contribution in [2.75, 3.05) is 13.1 Å². The highest BCUT2D eigenvalue weighted by Gasteiger charge is 2.60. The predicted octanol–water partition coefficient (Wildman–Crippen LogP) is 3.67. The number of carbonyl (C=O) groups excluding carboxylic acids is 2. The van der Waals surface area contributed by atoms with Crippen molar-refractivity contribution in [1.82, 2.24) is 10.6 Å². The molecule has 4 heteroatoms. The molecule has 1 unspecified atom stereocenters. The van der Waals surface area contributed by atoms with Gasteiger partial charge in [-0.05, 0) is 61.2 Å². The van der Waals surface area contributed by atoms with E-state index in [1.807, 2.05) is 6.08 Å². The van der Waals surface area contributed by atoms with Gasteiger partial charge in [-0.1, -0.05) is 27.7 Å². The summed E-state index contributed by atoms with van der Waals surface area (Å²) in [6, 6.07) is 0. The Labute approximate surface area is 163 Å². The minimum absolute atomic E-state index is 0.121. The molecule has 0 aromatic heterocycles. The molecule has 0 aromatic carbocycles. The number of ketones is 1. The molecular formula is C23H36N2O2. The van der Waals surface area contributed by atoms with Gasteiger partial charge in [0.05, 0.1) is 0 Å². The highest BCUT2D eigenvalue weighted by molar-refractivity contribution is 5.91. The minimum Gasteiger partial charge on any atom is -0.387 e. The molecule has 3 aliphatic carbocycles. The van der Waals surface area contributed by atoms with Crippen LogP contribution in [0.5, 0.6) is 0 Å². The number of fused-ring (bicyclic) bond motifs is 5. The van der Waals surface area contributed by atoms with E-state index in [2.05, 4.69) is 38.3 Å². The molecule has 0 radical (unpaired) electrons. The van der Waals surface area contributed by atoms with E-state index < -0.39 is 0 Å². The van der Waals surface area contributed by atoms with Gasteiger partial charge in [0, 0.05) is 42.6 Å². The van der Waals surface area contributed by atoms with Gasteiger partial charge in [0.15, 0.2) is 5.78 Å². The van der Waals surface area contributed by atoms with E-state index in [0.717, 1.165) is 32.4 Å². The second kappa shape index (κ2) is 6.63. The molecule has 1 saturated heterocycles. The number of nitrogens with one attached hydrogen (secondary N) is 2. The van der Waals surface area contributed by atoms with Crippen LogP contribution in [0.3, 0.4) is 0 Å².